The lowest BCUT2D eigenvalue weighted by molar-refractivity contribution is -0.133. The van der Waals surface area contributed by atoms with Crippen LogP contribution in [0.15, 0.2) is 53.5 Å². The third kappa shape index (κ3) is 2.68. The summed E-state index contributed by atoms with van der Waals surface area (Å²) in [5.41, 5.74) is 2.28. The van der Waals surface area contributed by atoms with E-state index in [1.54, 1.807) is 19.4 Å². The van der Waals surface area contributed by atoms with Gasteiger partial charge in [-0.2, -0.15) is 5.10 Å². The lowest BCUT2D eigenvalue weighted by atomic mass is 9.86. The highest BCUT2D eigenvalue weighted by Gasteiger charge is 2.50. The van der Waals surface area contributed by atoms with Gasteiger partial charge < -0.3 is 9.64 Å². The van der Waals surface area contributed by atoms with Crippen molar-refractivity contribution < 1.29 is 9.53 Å². The van der Waals surface area contributed by atoms with Gasteiger partial charge in [0.25, 0.3) is 5.56 Å². The molecular formula is C22H21N3O3. The SMILES string of the molecule is COc1ccc2c(c1)C1(CC1)CN(C(=O)Cn1ncc3ccccc3c1=O)C2. The number of rotatable bonds is 3. The number of fused-ring (bicyclic) bond motifs is 3. The van der Waals surface area contributed by atoms with Gasteiger partial charge >= 0.3 is 0 Å². The van der Waals surface area contributed by atoms with Crippen LogP contribution in [0.5, 0.6) is 5.75 Å². The second-order valence-electron chi connectivity index (χ2n) is 7.75. The van der Waals surface area contributed by atoms with Crippen molar-refractivity contribution in [1.29, 1.82) is 0 Å². The fourth-order valence-electron chi connectivity index (χ4n) is 4.25. The maximum Gasteiger partial charge on any atom is 0.275 e. The molecule has 1 aromatic heterocycles. The van der Waals surface area contributed by atoms with Crippen LogP contribution in [0.4, 0.5) is 0 Å². The number of aromatic nitrogens is 2. The maximum atomic E-state index is 13.0. The van der Waals surface area contributed by atoms with Crippen LogP contribution in [0, 0.1) is 0 Å². The average Bonchev–Trinajstić information content (AvgIpc) is 3.49. The number of hydrogen-bond acceptors (Lipinski definition) is 4. The largest absolute Gasteiger partial charge is 0.497 e. The molecule has 1 amide bonds. The molecule has 28 heavy (non-hydrogen) atoms. The van der Waals surface area contributed by atoms with Crippen molar-refractivity contribution >= 4 is 16.7 Å². The number of carbonyl (C=O) groups is 1. The molecule has 1 aliphatic carbocycles. The zero-order chi connectivity index (χ0) is 19.3. The fourth-order valence-corrected chi connectivity index (χ4v) is 4.25. The Morgan fingerprint density at radius 1 is 1.21 bits per heavy atom. The summed E-state index contributed by atoms with van der Waals surface area (Å²) in [6, 6.07) is 13.4. The number of amides is 1. The number of hydrogen-bond donors (Lipinski definition) is 0. The van der Waals surface area contributed by atoms with Crippen LogP contribution in [-0.4, -0.2) is 34.2 Å². The zero-order valence-electron chi connectivity index (χ0n) is 15.7. The van der Waals surface area contributed by atoms with Crippen molar-refractivity contribution in [3.63, 3.8) is 0 Å². The van der Waals surface area contributed by atoms with Gasteiger partial charge in [-0.3, -0.25) is 9.59 Å². The second kappa shape index (κ2) is 6.19. The standard InChI is InChI=1S/C22H21N3O3/c1-28-17-7-6-16-12-24(14-22(8-9-22)19(16)10-17)20(26)13-25-21(27)18-5-3-2-4-15(18)11-23-25/h2-7,10-11H,8-9,12-14H2,1H3. The Morgan fingerprint density at radius 3 is 2.82 bits per heavy atom. The molecule has 0 bridgehead atoms. The molecule has 6 nitrogen and oxygen atoms in total. The zero-order valence-corrected chi connectivity index (χ0v) is 15.7. The molecule has 5 rings (SSSR count). The van der Waals surface area contributed by atoms with Gasteiger partial charge in [-0.25, -0.2) is 4.68 Å². The van der Waals surface area contributed by atoms with Crippen LogP contribution < -0.4 is 10.3 Å². The lowest BCUT2D eigenvalue weighted by Crippen LogP contribution is -2.44. The molecule has 142 valence electrons. The van der Waals surface area contributed by atoms with E-state index in [9.17, 15) is 9.59 Å². The number of ether oxygens (including phenoxy) is 1. The Labute approximate surface area is 162 Å². The highest BCUT2D eigenvalue weighted by Crippen LogP contribution is 2.53. The third-order valence-corrected chi connectivity index (χ3v) is 6.00. The van der Waals surface area contributed by atoms with Crippen molar-refractivity contribution in [1.82, 2.24) is 14.7 Å². The molecule has 3 aromatic rings. The van der Waals surface area contributed by atoms with Crippen LogP contribution in [0.3, 0.4) is 0 Å². The van der Waals surface area contributed by atoms with Crippen molar-refractivity contribution in [2.75, 3.05) is 13.7 Å². The van der Waals surface area contributed by atoms with Crippen molar-refractivity contribution in [3.05, 3.63) is 70.1 Å². The molecule has 0 unspecified atom stereocenters. The molecule has 2 heterocycles. The topological polar surface area (TPSA) is 64.4 Å². The third-order valence-electron chi connectivity index (χ3n) is 6.00. The molecule has 0 N–H and O–H groups in total. The molecule has 6 heteroatoms. The molecule has 2 aromatic carbocycles. The van der Waals surface area contributed by atoms with Crippen molar-refractivity contribution in [3.8, 4) is 5.75 Å². The number of benzene rings is 2. The Hall–Kier alpha value is -3.15. The first-order valence-electron chi connectivity index (χ1n) is 9.50. The highest BCUT2D eigenvalue weighted by atomic mass is 16.5. The van der Waals surface area contributed by atoms with E-state index < -0.39 is 0 Å². The van der Waals surface area contributed by atoms with E-state index in [0.717, 1.165) is 29.5 Å². The van der Waals surface area contributed by atoms with Gasteiger partial charge in [0, 0.05) is 23.9 Å². The predicted octanol–water partition coefficient (Wildman–Crippen LogP) is 2.48. The first kappa shape index (κ1) is 17.0. The van der Waals surface area contributed by atoms with Gasteiger partial charge in [0.2, 0.25) is 5.91 Å². The minimum Gasteiger partial charge on any atom is -0.497 e. The van der Waals surface area contributed by atoms with Crippen molar-refractivity contribution in [2.24, 2.45) is 0 Å². The normalized spacial score (nSPS) is 16.8. The molecule has 0 radical (unpaired) electrons. The van der Waals surface area contributed by atoms with Crippen LogP contribution in [0.1, 0.15) is 24.0 Å². The highest BCUT2D eigenvalue weighted by molar-refractivity contribution is 5.81. The van der Waals surface area contributed by atoms with Crippen molar-refractivity contribution in [2.45, 2.75) is 31.3 Å². The minimum atomic E-state index is -0.227. The first-order valence-corrected chi connectivity index (χ1v) is 9.50. The Bertz CT molecular complexity index is 1150. The van der Waals surface area contributed by atoms with E-state index in [2.05, 4.69) is 11.2 Å². The van der Waals surface area contributed by atoms with E-state index in [1.807, 2.05) is 35.2 Å². The number of methoxy groups -OCH3 is 1. The lowest BCUT2D eigenvalue weighted by Gasteiger charge is -2.35. The smallest absolute Gasteiger partial charge is 0.275 e. The molecule has 1 aliphatic heterocycles. The summed E-state index contributed by atoms with van der Waals surface area (Å²) >= 11 is 0. The van der Waals surface area contributed by atoms with Gasteiger partial charge in [0.05, 0.1) is 18.7 Å². The number of nitrogens with zero attached hydrogens (tertiary/aromatic N) is 3. The van der Waals surface area contributed by atoms with E-state index in [4.69, 9.17) is 4.74 Å². The molecule has 1 spiro atoms. The van der Waals surface area contributed by atoms with E-state index in [1.165, 1.54) is 10.2 Å². The molecule has 1 saturated carbocycles. The van der Waals surface area contributed by atoms with Gasteiger partial charge in [-0.05, 0) is 42.2 Å². The monoisotopic (exact) mass is 375 g/mol. The maximum absolute atomic E-state index is 13.0. The summed E-state index contributed by atoms with van der Waals surface area (Å²) in [5, 5.41) is 5.57. The quantitative estimate of drug-likeness (QED) is 0.706. The van der Waals surface area contributed by atoms with Gasteiger partial charge in [-0.1, -0.05) is 24.3 Å². The molecule has 1 fully saturated rings. The molecule has 2 aliphatic rings. The van der Waals surface area contributed by atoms with E-state index in [-0.39, 0.29) is 23.4 Å². The van der Waals surface area contributed by atoms with Crippen LogP contribution >= 0.6 is 0 Å². The summed E-state index contributed by atoms with van der Waals surface area (Å²) in [6.07, 6.45) is 3.79. The first-order chi connectivity index (χ1) is 13.6. The Kier molecular flexibility index (Phi) is 3.75. The summed E-state index contributed by atoms with van der Waals surface area (Å²) in [7, 11) is 1.67. The fraction of sp³-hybridized carbons (Fsp3) is 0.318. The Balaban J connectivity index is 1.42. The van der Waals surface area contributed by atoms with Crippen LogP contribution in [0.25, 0.3) is 10.8 Å². The van der Waals surface area contributed by atoms with Gasteiger partial charge in [0.15, 0.2) is 0 Å². The van der Waals surface area contributed by atoms with Crippen LogP contribution in [0.2, 0.25) is 0 Å². The second-order valence-corrected chi connectivity index (χ2v) is 7.75. The summed E-state index contributed by atoms with van der Waals surface area (Å²) in [6.45, 7) is 1.21. The van der Waals surface area contributed by atoms with Gasteiger partial charge in [0.1, 0.15) is 12.3 Å². The Morgan fingerprint density at radius 2 is 2.04 bits per heavy atom. The van der Waals surface area contributed by atoms with E-state index in [0.29, 0.717) is 18.5 Å². The minimum absolute atomic E-state index is 0.0365. The molecule has 0 atom stereocenters. The summed E-state index contributed by atoms with van der Waals surface area (Å²) in [5.74, 6) is 0.786. The molecular weight excluding hydrogens is 354 g/mol. The van der Waals surface area contributed by atoms with Gasteiger partial charge in [-0.15, -0.1) is 0 Å². The van der Waals surface area contributed by atoms with E-state index >= 15 is 0 Å². The van der Waals surface area contributed by atoms with Crippen LogP contribution in [-0.2, 0) is 23.3 Å². The predicted molar refractivity (Wildman–Crippen MR) is 105 cm³/mol. The summed E-state index contributed by atoms with van der Waals surface area (Å²) in [4.78, 5) is 27.5. The average molecular weight is 375 g/mol. The number of carbonyl (C=O) groups excluding carboxylic acids is 1. The molecule has 0 saturated heterocycles. The summed E-state index contributed by atoms with van der Waals surface area (Å²) < 4.78 is 6.65.